The van der Waals surface area contributed by atoms with Gasteiger partial charge in [-0.25, -0.2) is 4.79 Å². The Bertz CT molecular complexity index is 735. The van der Waals surface area contributed by atoms with E-state index in [2.05, 4.69) is 10.2 Å². The van der Waals surface area contributed by atoms with Gasteiger partial charge in [-0.2, -0.15) is 11.3 Å². The van der Waals surface area contributed by atoms with Crippen LogP contribution in [0.5, 0.6) is 0 Å². The topological polar surface area (TPSA) is 96.5 Å². The summed E-state index contributed by atoms with van der Waals surface area (Å²) in [6, 6.07) is 1.89. The molecular formula is C17H21N3O4S. The van der Waals surface area contributed by atoms with E-state index in [4.69, 9.17) is 4.42 Å². The fourth-order valence-corrected chi connectivity index (χ4v) is 3.94. The summed E-state index contributed by atoms with van der Waals surface area (Å²) in [4.78, 5) is 25.7. The lowest BCUT2D eigenvalue weighted by Crippen LogP contribution is -2.56. The third-order valence-electron chi connectivity index (χ3n) is 4.88. The summed E-state index contributed by atoms with van der Waals surface area (Å²) < 4.78 is 5.57. The summed E-state index contributed by atoms with van der Waals surface area (Å²) in [5.41, 5.74) is -0.217. The molecule has 1 aliphatic carbocycles. The molecule has 0 bridgehead atoms. The lowest BCUT2D eigenvalue weighted by Gasteiger charge is -2.41. The molecule has 134 valence electrons. The van der Waals surface area contributed by atoms with Crippen LogP contribution in [0, 0.1) is 0 Å². The van der Waals surface area contributed by atoms with Gasteiger partial charge in [0.05, 0.1) is 0 Å². The van der Waals surface area contributed by atoms with Crippen LogP contribution in [0.3, 0.4) is 0 Å². The summed E-state index contributed by atoms with van der Waals surface area (Å²) >= 11 is 1.54. The molecule has 0 radical (unpaired) electrons. The number of amides is 1. The zero-order valence-electron chi connectivity index (χ0n) is 14.1. The van der Waals surface area contributed by atoms with Gasteiger partial charge in [-0.3, -0.25) is 4.79 Å². The van der Waals surface area contributed by atoms with E-state index in [1.807, 2.05) is 16.8 Å². The molecule has 0 saturated heterocycles. The number of nitrogens with zero attached hydrogens (tertiary/aromatic N) is 3. The van der Waals surface area contributed by atoms with Crippen LogP contribution in [0.2, 0.25) is 0 Å². The zero-order valence-corrected chi connectivity index (χ0v) is 14.9. The van der Waals surface area contributed by atoms with Crippen LogP contribution in [0.1, 0.15) is 44.4 Å². The monoisotopic (exact) mass is 363 g/mol. The molecule has 1 amide bonds. The quantitative estimate of drug-likeness (QED) is 0.847. The first kappa shape index (κ1) is 17.6. The van der Waals surface area contributed by atoms with Gasteiger partial charge in [0.2, 0.25) is 17.7 Å². The van der Waals surface area contributed by atoms with Gasteiger partial charge in [0.15, 0.2) is 0 Å². The molecule has 25 heavy (non-hydrogen) atoms. The Morgan fingerprint density at radius 1 is 1.32 bits per heavy atom. The van der Waals surface area contributed by atoms with E-state index in [1.54, 1.807) is 7.05 Å². The number of aromatic nitrogens is 2. The number of hydrogen-bond acceptors (Lipinski definition) is 6. The molecule has 7 nitrogen and oxygen atoms in total. The van der Waals surface area contributed by atoms with Crippen molar-refractivity contribution in [2.75, 3.05) is 7.05 Å². The number of aliphatic carboxylic acids is 1. The van der Waals surface area contributed by atoms with Gasteiger partial charge in [-0.1, -0.05) is 19.3 Å². The Hall–Kier alpha value is -2.22. The number of carboxylic acid groups (broad SMARTS) is 1. The standard InChI is InChI=1S/C17H21N3O4S/c1-20(17(16(22)23)8-3-2-4-9-17)14(21)6-5-13-18-19-15(24-13)12-7-10-25-11-12/h7,10-11H,2-6,8-9H2,1H3,(H,22,23). The smallest absolute Gasteiger partial charge is 0.329 e. The lowest BCUT2D eigenvalue weighted by molar-refractivity contribution is -0.160. The van der Waals surface area contributed by atoms with Crippen molar-refractivity contribution >= 4 is 23.2 Å². The first-order valence-electron chi connectivity index (χ1n) is 8.38. The van der Waals surface area contributed by atoms with Crippen molar-refractivity contribution in [3.63, 3.8) is 0 Å². The number of carbonyl (C=O) groups excluding carboxylic acids is 1. The van der Waals surface area contributed by atoms with Crippen molar-refractivity contribution < 1.29 is 19.1 Å². The van der Waals surface area contributed by atoms with Crippen molar-refractivity contribution in [3.8, 4) is 11.5 Å². The molecule has 1 aliphatic rings. The van der Waals surface area contributed by atoms with E-state index in [0.29, 0.717) is 31.0 Å². The normalized spacial score (nSPS) is 16.5. The first-order valence-corrected chi connectivity index (χ1v) is 9.32. The molecule has 1 saturated carbocycles. The highest BCUT2D eigenvalue weighted by atomic mass is 32.1. The average Bonchev–Trinajstić information content (AvgIpc) is 3.30. The number of carbonyl (C=O) groups is 2. The SMILES string of the molecule is CN(C(=O)CCc1nnc(-c2ccsc2)o1)C1(C(=O)O)CCCCC1. The Morgan fingerprint density at radius 2 is 2.08 bits per heavy atom. The van der Waals surface area contributed by atoms with E-state index in [9.17, 15) is 14.7 Å². The van der Waals surface area contributed by atoms with E-state index in [1.165, 1.54) is 16.2 Å². The minimum absolute atomic E-state index is 0.150. The van der Waals surface area contributed by atoms with E-state index in [0.717, 1.165) is 24.8 Å². The molecule has 0 unspecified atom stereocenters. The predicted octanol–water partition coefficient (Wildman–Crippen LogP) is 2.98. The molecule has 0 aliphatic heterocycles. The number of rotatable bonds is 6. The van der Waals surface area contributed by atoms with Crippen molar-refractivity contribution in [2.24, 2.45) is 0 Å². The average molecular weight is 363 g/mol. The summed E-state index contributed by atoms with van der Waals surface area (Å²) in [5, 5.41) is 21.5. The lowest BCUT2D eigenvalue weighted by atomic mass is 9.80. The number of aryl methyl sites for hydroxylation is 1. The van der Waals surface area contributed by atoms with Gasteiger partial charge >= 0.3 is 5.97 Å². The number of likely N-dealkylation sites (N-methyl/N-ethyl adjacent to an activating group) is 1. The molecule has 0 atom stereocenters. The molecule has 2 aromatic rings. The highest BCUT2D eigenvalue weighted by molar-refractivity contribution is 7.08. The number of carboxylic acids is 1. The molecule has 1 N–H and O–H groups in total. The molecular weight excluding hydrogens is 342 g/mol. The van der Waals surface area contributed by atoms with Crippen LogP contribution < -0.4 is 0 Å². The van der Waals surface area contributed by atoms with Gasteiger partial charge in [-0.15, -0.1) is 10.2 Å². The van der Waals surface area contributed by atoms with Crippen molar-refractivity contribution in [3.05, 3.63) is 22.7 Å². The van der Waals surface area contributed by atoms with Crippen LogP contribution in [-0.4, -0.2) is 44.7 Å². The highest BCUT2D eigenvalue weighted by Gasteiger charge is 2.45. The molecule has 3 rings (SSSR count). The maximum Gasteiger partial charge on any atom is 0.329 e. The fourth-order valence-electron chi connectivity index (χ4n) is 3.31. The summed E-state index contributed by atoms with van der Waals surface area (Å²) in [7, 11) is 1.59. The molecule has 2 heterocycles. The van der Waals surface area contributed by atoms with Crippen molar-refractivity contribution in [1.82, 2.24) is 15.1 Å². The van der Waals surface area contributed by atoms with Crippen LogP contribution in [0.25, 0.3) is 11.5 Å². The third kappa shape index (κ3) is 3.58. The Kier molecular flexibility index (Phi) is 5.17. The van der Waals surface area contributed by atoms with E-state index in [-0.39, 0.29) is 12.3 Å². The maximum absolute atomic E-state index is 12.5. The summed E-state index contributed by atoms with van der Waals surface area (Å²) in [5.74, 6) is -0.303. The van der Waals surface area contributed by atoms with Gasteiger partial charge < -0.3 is 14.4 Å². The molecule has 2 aromatic heterocycles. The number of hydrogen-bond donors (Lipinski definition) is 1. The molecule has 8 heteroatoms. The fraction of sp³-hybridized carbons (Fsp3) is 0.529. The van der Waals surface area contributed by atoms with E-state index >= 15 is 0 Å². The van der Waals surface area contributed by atoms with Crippen LogP contribution in [0.4, 0.5) is 0 Å². The predicted molar refractivity (Wildman–Crippen MR) is 92.2 cm³/mol. The maximum atomic E-state index is 12.5. The Morgan fingerprint density at radius 3 is 2.72 bits per heavy atom. The summed E-state index contributed by atoms with van der Waals surface area (Å²) in [6.07, 6.45) is 4.15. The van der Waals surface area contributed by atoms with Crippen LogP contribution >= 0.6 is 11.3 Å². The second-order valence-corrected chi connectivity index (χ2v) is 7.14. The second kappa shape index (κ2) is 7.35. The number of thiophene rings is 1. The largest absolute Gasteiger partial charge is 0.479 e. The van der Waals surface area contributed by atoms with Gasteiger partial charge in [0.25, 0.3) is 0 Å². The minimum atomic E-state index is -1.08. The Balaban J connectivity index is 1.62. The van der Waals surface area contributed by atoms with Crippen molar-refractivity contribution in [1.29, 1.82) is 0 Å². The zero-order chi connectivity index (χ0) is 17.9. The Labute approximate surface area is 149 Å². The van der Waals surface area contributed by atoms with Crippen LogP contribution in [0.15, 0.2) is 21.2 Å². The minimum Gasteiger partial charge on any atom is -0.479 e. The molecule has 1 fully saturated rings. The van der Waals surface area contributed by atoms with Gasteiger partial charge in [0.1, 0.15) is 5.54 Å². The highest BCUT2D eigenvalue weighted by Crippen LogP contribution is 2.33. The summed E-state index contributed by atoms with van der Waals surface area (Å²) in [6.45, 7) is 0. The molecule has 0 spiro atoms. The van der Waals surface area contributed by atoms with Crippen LogP contribution in [-0.2, 0) is 16.0 Å². The molecule has 0 aromatic carbocycles. The third-order valence-corrected chi connectivity index (χ3v) is 5.57. The van der Waals surface area contributed by atoms with Gasteiger partial charge in [-0.05, 0) is 24.3 Å². The van der Waals surface area contributed by atoms with Crippen molar-refractivity contribution in [2.45, 2.75) is 50.5 Å². The second-order valence-electron chi connectivity index (χ2n) is 6.36. The van der Waals surface area contributed by atoms with Gasteiger partial charge in [0, 0.05) is 30.8 Å². The first-order chi connectivity index (χ1) is 12.0. The van der Waals surface area contributed by atoms with E-state index < -0.39 is 11.5 Å².